The standard InChI is InChI=1S/C18H18N4O3S/c1-11(16(24)13-6-8-14(9-7-13)19-12(2)23)26-18-21-20-17(22(18)3)15-5-4-10-25-15/h4-11H,1-3H3,(H,19,23). The highest BCUT2D eigenvalue weighted by Crippen LogP contribution is 2.27. The van der Waals surface area contributed by atoms with Gasteiger partial charge in [-0.2, -0.15) is 0 Å². The van der Waals surface area contributed by atoms with Gasteiger partial charge in [0.15, 0.2) is 22.5 Å². The molecular weight excluding hydrogens is 352 g/mol. The first-order valence-corrected chi connectivity index (χ1v) is 8.85. The van der Waals surface area contributed by atoms with Crippen molar-refractivity contribution in [3.63, 3.8) is 0 Å². The summed E-state index contributed by atoms with van der Waals surface area (Å²) in [4.78, 5) is 23.7. The third-order valence-corrected chi connectivity index (χ3v) is 4.85. The zero-order valence-corrected chi connectivity index (χ0v) is 15.4. The van der Waals surface area contributed by atoms with Crippen molar-refractivity contribution in [1.29, 1.82) is 0 Å². The lowest BCUT2D eigenvalue weighted by molar-refractivity contribution is -0.114. The van der Waals surface area contributed by atoms with Gasteiger partial charge in [-0.05, 0) is 43.3 Å². The molecule has 3 aromatic rings. The average Bonchev–Trinajstić information content (AvgIpc) is 3.25. The van der Waals surface area contributed by atoms with Gasteiger partial charge >= 0.3 is 0 Å². The van der Waals surface area contributed by atoms with E-state index in [0.717, 1.165) is 0 Å². The fraction of sp³-hybridized carbons (Fsp3) is 0.222. The molecule has 0 aliphatic heterocycles. The summed E-state index contributed by atoms with van der Waals surface area (Å²) >= 11 is 1.33. The number of thioether (sulfide) groups is 1. The lowest BCUT2D eigenvalue weighted by atomic mass is 10.1. The van der Waals surface area contributed by atoms with Gasteiger partial charge in [0.1, 0.15) is 0 Å². The molecule has 8 heteroatoms. The van der Waals surface area contributed by atoms with Gasteiger partial charge in [0.2, 0.25) is 5.91 Å². The highest BCUT2D eigenvalue weighted by atomic mass is 32.2. The molecule has 2 heterocycles. The molecule has 1 amide bonds. The number of benzene rings is 1. The maximum atomic E-state index is 12.6. The van der Waals surface area contributed by atoms with Crippen molar-refractivity contribution >= 4 is 29.1 Å². The van der Waals surface area contributed by atoms with Crippen molar-refractivity contribution in [3.8, 4) is 11.6 Å². The molecule has 26 heavy (non-hydrogen) atoms. The average molecular weight is 370 g/mol. The molecule has 1 aromatic carbocycles. The molecule has 1 unspecified atom stereocenters. The number of carbonyl (C=O) groups is 2. The molecule has 0 aliphatic carbocycles. The predicted octanol–water partition coefficient (Wildman–Crippen LogP) is 3.40. The van der Waals surface area contributed by atoms with Crippen LogP contribution >= 0.6 is 11.8 Å². The second-order valence-corrected chi connectivity index (χ2v) is 7.03. The number of Topliss-reactive ketones (excluding diaryl/α,β-unsaturated/α-hetero) is 1. The van der Waals surface area contributed by atoms with E-state index in [9.17, 15) is 9.59 Å². The highest BCUT2D eigenvalue weighted by Gasteiger charge is 2.21. The number of anilines is 1. The van der Waals surface area contributed by atoms with E-state index >= 15 is 0 Å². The van der Waals surface area contributed by atoms with Crippen LogP contribution in [0.5, 0.6) is 0 Å². The lowest BCUT2D eigenvalue weighted by Gasteiger charge is -2.10. The number of aromatic nitrogens is 3. The van der Waals surface area contributed by atoms with Crippen molar-refractivity contribution in [2.75, 3.05) is 5.32 Å². The Morgan fingerprint density at radius 3 is 2.54 bits per heavy atom. The summed E-state index contributed by atoms with van der Waals surface area (Å²) in [5.74, 6) is 1.06. The van der Waals surface area contributed by atoms with Gasteiger partial charge in [-0.15, -0.1) is 10.2 Å². The Labute approximate surface area is 154 Å². The third kappa shape index (κ3) is 3.85. The van der Waals surface area contributed by atoms with Crippen LogP contribution in [0.25, 0.3) is 11.6 Å². The summed E-state index contributed by atoms with van der Waals surface area (Å²) < 4.78 is 7.14. The molecule has 0 spiro atoms. The van der Waals surface area contributed by atoms with E-state index < -0.39 is 0 Å². The molecule has 7 nitrogen and oxygen atoms in total. The molecule has 0 saturated carbocycles. The Balaban J connectivity index is 1.71. The van der Waals surface area contributed by atoms with Gasteiger partial charge in [0.05, 0.1) is 11.5 Å². The van der Waals surface area contributed by atoms with Gasteiger partial charge in [-0.25, -0.2) is 0 Å². The molecule has 1 atom stereocenters. The fourth-order valence-electron chi connectivity index (χ4n) is 2.41. The van der Waals surface area contributed by atoms with Gasteiger partial charge in [-0.1, -0.05) is 11.8 Å². The van der Waals surface area contributed by atoms with E-state index in [1.54, 1.807) is 41.2 Å². The molecule has 0 saturated heterocycles. The minimum Gasteiger partial charge on any atom is -0.461 e. The van der Waals surface area contributed by atoms with E-state index in [1.165, 1.54) is 18.7 Å². The first-order chi connectivity index (χ1) is 12.5. The number of furan rings is 1. The van der Waals surface area contributed by atoms with Crippen LogP contribution in [-0.2, 0) is 11.8 Å². The summed E-state index contributed by atoms with van der Waals surface area (Å²) in [5.41, 5.74) is 1.23. The van der Waals surface area contributed by atoms with Gasteiger partial charge < -0.3 is 14.3 Å². The first kappa shape index (κ1) is 17.9. The third-order valence-electron chi connectivity index (χ3n) is 3.72. The number of hydrogen-bond acceptors (Lipinski definition) is 6. The summed E-state index contributed by atoms with van der Waals surface area (Å²) in [5, 5.41) is 11.3. The SMILES string of the molecule is CC(=O)Nc1ccc(C(=O)C(C)Sc2nnc(-c3ccco3)n2C)cc1. The Morgan fingerprint density at radius 2 is 1.92 bits per heavy atom. The van der Waals surface area contributed by atoms with Crippen LogP contribution in [0.15, 0.2) is 52.2 Å². The van der Waals surface area contributed by atoms with Crippen LogP contribution in [-0.4, -0.2) is 31.7 Å². The van der Waals surface area contributed by atoms with Crippen molar-refractivity contribution in [3.05, 3.63) is 48.2 Å². The Morgan fingerprint density at radius 1 is 1.19 bits per heavy atom. The van der Waals surface area contributed by atoms with Crippen LogP contribution < -0.4 is 5.32 Å². The molecule has 0 bridgehead atoms. The Kier molecular flexibility index (Phi) is 5.22. The van der Waals surface area contributed by atoms with Crippen LogP contribution in [0.2, 0.25) is 0 Å². The van der Waals surface area contributed by atoms with Gasteiger partial charge in [0.25, 0.3) is 0 Å². The normalized spacial score (nSPS) is 12.0. The number of nitrogens with zero attached hydrogens (tertiary/aromatic N) is 3. The predicted molar refractivity (Wildman–Crippen MR) is 99.1 cm³/mol. The smallest absolute Gasteiger partial charge is 0.221 e. The van der Waals surface area contributed by atoms with E-state index in [2.05, 4.69) is 15.5 Å². The Hall–Kier alpha value is -2.87. The van der Waals surface area contributed by atoms with E-state index in [1.807, 2.05) is 20.0 Å². The molecule has 0 aliphatic rings. The molecule has 0 fully saturated rings. The van der Waals surface area contributed by atoms with Crippen molar-refractivity contribution < 1.29 is 14.0 Å². The summed E-state index contributed by atoms with van der Waals surface area (Å²) in [6, 6.07) is 10.4. The largest absolute Gasteiger partial charge is 0.461 e. The molecular formula is C18H18N4O3S. The number of ketones is 1. The second-order valence-electron chi connectivity index (χ2n) is 5.73. The number of amides is 1. The van der Waals surface area contributed by atoms with Crippen molar-refractivity contribution in [1.82, 2.24) is 14.8 Å². The van der Waals surface area contributed by atoms with Gasteiger partial charge in [-0.3, -0.25) is 9.59 Å². The van der Waals surface area contributed by atoms with E-state index in [0.29, 0.717) is 28.0 Å². The fourth-order valence-corrected chi connectivity index (χ4v) is 3.30. The van der Waals surface area contributed by atoms with Crippen molar-refractivity contribution in [2.45, 2.75) is 24.3 Å². The number of rotatable bonds is 6. The summed E-state index contributed by atoms with van der Waals surface area (Å²) in [6.07, 6.45) is 1.58. The van der Waals surface area contributed by atoms with Crippen LogP contribution in [0.4, 0.5) is 5.69 Å². The van der Waals surface area contributed by atoms with Crippen LogP contribution in [0, 0.1) is 0 Å². The highest BCUT2D eigenvalue weighted by molar-refractivity contribution is 8.00. The number of carbonyl (C=O) groups excluding carboxylic acids is 2. The monoisotopic (exact) mass is 370 g/mol. The maximum absolute atomic E-state index is 12.6. The second kappa shape index (κ2) is 7.57. The van der Waals surface area contributed by atoms with E-state index in [4.69, 9.17) is 4.42 Å². The molecule has 134 valence electrons. The van der Waals surface area contributed by atoms with E-state index in [-0.39, 0.29) is 16.9 Å². The van der Waals surface area contributed by atoms with Crippen LogP contribution in [0.3, 0.4) is 0 Å². The number of nitrogens with one attached hydrogen (secondary N) is 1. The van der Waals surface area contributed by atoms with Crippen LogP contribution in [0.1, 0.15) is 24.2 Å². The minimum absolute atomic E-state index is 0.0214. The number of hydrogen-bond donors (Lipinski definition) is 1. The Bertz CT molecular complexity index is 917. The zero-order valence-electron chi connectivity index (χ0n) is 14.6. The summed E-state index contributed by atoms with van der Waals surface area (Å²) in [6.45, 7) is 3.27. The zero-order chi connectivity index (χ0) is 18.7. The quantitative estimate of drug-likeness (QED) is 0.528. The minimum atomic E-state index is -0.339. The molecule has 2 aromatic heterocycles. The summed E-state index contributed by atoms with van der Waals surface area (Å²) in [7, 11) is 1.83. The van der Waals surface area contributed by atoms with Crippen molar-refractivity contribution in [2.24, 2.45) is 7.05 Å². The first-order valence-electron chi connectivity index (χ1n) is 7.97. The topological polar surface area (TPSA) is 90.0 Å². The molecule has 0 radical (unpaired) electrons. The van der Waals surface area contributed by atoms with Gasteiger partial charge in [0, 0.05) is 25.2 Å². The maximum Gasteiger partial charge on any atom is 0.221 e. The lowest BCUT2D eigenvalue weighted by Crippen LogP contribution is -2.14. The molecule has 1 N–H and O–H groups in total. The molecule has 3 rings (SSSR count).